The third-order valence-electron chi connectivity index (χ3n) is 1.31. The van der Waals surface area contributed by atoms with Crippen molar-refractivity contribution in [1.82, 2.24) is 0 Å². The molecule has 0 N–H and O–H groups in total. The molecule has 11 heavy (non-hydrogen) atoms. The zero-order chi connectivity index (χ0) is 7.94. The molecular weight excluding hydrogens is 219 g/mol. The number of rotatable bonds is 4. The fraction of sp³-hybridized carbons (Fsp3) is 0.333. The van der Waals surface area contributed by atoms with E-state index in [1.54, 1.807) is 0 Å². The van der Waals surface area contributed by atoms with Crippen LogP contribution in [0.3, 0.4) is 0 Å². The van der Waals surface area contributed by atoms with Gasteiger partial charge in [-0.25, -0.2) is 0 Å². The molecule has 0 atom stereocenters. The quantitative estimate of drug-likeness (QED) is 0.455. The first-order valence-corrected chi connectivity index (χ1v) is 6.42. The summed E-state index contributed by atoms with van der Waals surface area (Å²) in [6.45, 7) is 0. The number of hydrogen-bond acceptors (Lipinski definition) is 1. The molecule has 0 saturated carbocycles. The first kappa shape index (κ1) is 9.18. The second-order valence-electron chi connectivity index (χ2n) is 2.24. The average Bonchev–Trinajstić information content (AvgIpc) is 2.07. The summed E-state index contributed by atoms with van der Waals surface area (Å²) in [5.74, 6) is 1.02. The van der Waals surface area contributed by atoms with Gasteiger partial charge in [0.2, 0.25) is 0 Å². The van der Waals surface area contributed by atoms with Gasteiger partial charge in [-0.3, -0.25) is 0 Å². The van der Waals surface area contributed by atoms with Crippen molar-refractivity contribution in [2.24, 2.45) is 0 Å². The summed E-state index contributed by atoms with van der Waals surface area (Å²) in [6, 6.07) is 10.7. The van der Waals surface area contributed by atoms with Crippen LogP contribution in [0.15, 0.2) is 30.3 Å². The predicted molar refractivity (Wildman–Crippen MR) is 55.1 cm³/mol. The molecule has 0 bridgehead atoms. The van der Waals surface area contributed by atoms with Crippen LogP contribution >= 0.6 is 12.6 Å². The topological polar surface area (TPSA) is 0 Å². The van der Waals surface area contributed by atoms with Crippen LogP contribution < -0.4 is 4.46 Å². The molecule has 0 aliphatic carbocycles. The van der Waals surface area contributed by atoms with Crippen molar-refractivity contribution in [3.8, 4) is 0 Å². The molecule has 2 heteroatoms. The first-order valence-electron chi connectivity index (χ1n) is 3.72. The van der Waals surface area contributed by atoms with Gasteiger partial charge in [0, 0.05) is 0 Å². The van der Waals surface area contributed by atoms with Crippen molar-refractivity contribution < 1.29 is 0 Å². The van der Waals surface area contributed by atoms with Gasteiger partial charge in [0.15, 0.2) is 0 Å². The van der Waals surface area contributed by atoms with Crippen molar-refractivity contribution in [3.05, 3.63) is 30.3 Å². The Morgan fingerprint density at radius 3 is 2.55 bits per heavy atom. The second kappa shape index (κ2) is 5.70. The Balaban J connectivity index is 2.28. The minimum absolute atomic E-state index is 0.671. The van der Waals surface area contributed by atoms with Gasteiger partial charge in [-0.15, -0.1) is 0 Å². The normalized spacial score (nSPS) is 9.91. The Kier molecular flexibility index (Phi) is 4.76. The molecule has 0 amide bonds. The molecule has 0 aliphatic rings. The van der Waals surface area contributed by atoms with Crippen LogP contribution in [-0.2, 0) is 0 Å². The van der Waals surface area contributed by atoms with Gasteiger partial charge in [0.1, 0.15) is 0 Å². The van der Waals surface area contributed by atoms with Crippen LogP contribution in [0.5, 0.6) is 0 Å². The number of benzene rings is 1. The molecule has 0 unspecified atom stereocenters. The molecule has 60 valence electrons. The van der Waals surface area contributed by atoms with E-state index in [4.69, 9.17) is 0 Å². The Morgan fingerprint density at radius 1 is 1.18 bits per heavy atom. The molecule has 1 rings (SSSR count). The van der Waals surface area contributed by atoms with Crippen LogP contribution in [0, 0.1) is 0 Å². The van der Waals surface area contributed by atoms with Crippen molar-refractivity contribution in [1.29, 1.82) is 0 Å². The molecular formula is C9H12SSe. The van der Waals surface area contributed by atoms with Crippen LogP contribution in [0.1, 0.15) is 6.42 Å². The summed E-state index contributed by atoms with van der Waals surface area (Å²) in [7, 11) is 0. The molecule has 0 fully saturated rings. The van der Waals surface area contributed by atoms with E-state index in [2.05, 4.69) is 43.0 Å². The summed E-state index contributed by atoms with van der Waals surface area (Å²) >= 11 is 4.85. The first-order chi connectivity index (χ1) is 5.43. The van der Waals surface area contributed by atoms with E-state index in [1.165, 1.54) is 16.2 Å². The summed E-state index contributed by atoms with van der Waals surface area (Å²) in [4.78, 5) is 0. The van der Waals surface area contributed by atoms with E-state index in [-0.39, 0.29) is 0 Å². The average molecular weight is 231 g/mol. The van der Waals surface area contributed by atoms with Crippen LogP contribution in [-0.4, -0.2) is 20.7 Å². The summed E-state index contributed by atoms with van der Waals surface area (Å²) in [5.41, 5.74) is 0. The van der Waals surface area contributed by atoms with E-state index in [9.17, 15) is 0 Å². The summed E-state index contributed by atoms with van der Waals surface area (Å²) in [5, 5.41) is 1.32. The van der Waals surface area contributed by atoms with Gasteiger partial charge in [-0.2, -0.15) is 0 Å². The fourth-order valence-corrected chi connectivity index (χ4v) is 3.24. The molecule has 0 spiro atoms. The maximum absolute atomic E-state index is 4.18. The van der Waals surface area contributed by atoms with Gasteiger partial charge >= 0.3 is 79.9 Å². The van der Waals surface area contributed by atoms with E-state index in [0.29, 0.717) is 15.0 Å². The molecule has 0 radical (unpaired) electrons. The van der Waals surface area contributed by atoms with E-state index in [0.717, 1.165) is 5.75 Å². The summed E-state index contributed by atoms with van der Waals surface area (Å²) < 4.78 is 1.50. The Morgan fingerprint density at radius 2 is 1.91 bits per heavy atom. The van der Waals surface area contributed by atoms with Gasteiger partial charge < -0.3 is 0 Å². The van der Waals surface area contributed by atoms with Crippen LogP contribution in [0.25, 0.3) is 0 Å². The van der Waals surface area contributed by atoms with E-state index in [1.807, 2.05) is 0 Å². The monoisotopic (exact) mass is 232 g/mol. The molecule has 1 aromatic rings. The number of hydrogen-bond donors (Lipinski definition) is 1. The van der Waals surface area contributed by atoms with Crippen molar-refractivity contribution in [2.45, 2.75) is 11.7 Å². The van der Waals surface area contributed by atoms with Crippen molar-refractivity contribution >= 4 is 32.0 Å². The molecule has 0 saturated heterocycles. The fourth-order valence-electron chi connectivity index (χ4n) is 0.771. The molecule has 1 aromatic carbocycles. The SMILES string of the molecule is SCCC[Se]c1ccccc1. The minimum atomic E-state index is 0.671. The van der Waals surface area contributed by atoms with Crippen LogP contribution in [0.4, 0.5) is 0 Å². The van der Waals surface area contributed by atoms with Gasteiger partial charge in [-0.1, -0.05) is 0 Å². The molecule has 0 aromatic heterocycles. The van der Waals surface area contributed by atoms with Gasteiger partial charge in [-0.05, 0) is 0 Å². The Hall–Kier alpha value is 0.0895. The third-order valence-corrected chi connectivity index (χ3v) is 3.93. The van der Waals surface area contributed by atoms with Crippen LogP contribution in [0.2, 0.25) is 5.32 Å². The third kappa shape index (κ3) is 3.85. The molecule has 0 aliphatic heterocycles. The molecule has 0 heterocycles. The van der Waals surface area contributed by atoms with Crippen molar-refractivity contribution in [3.63, 3.8) is 0 Å². The Labute approximate surface area is 80.0 Å². The van der Waals surface area contributed by atoms with Gasteiger partial charge in [0.25, 0.3) is 0 Å². The zero-order valence-corrected chi connectivity index (χ0v) is 8.97. The van der Waals surface area contributed by atoms with E-state index < -0.39 is 0 Å². The zero-order valence-electron chi connectivity index (χ0n) is 6.36. The van der Waals surface area contributed by atoms with Crippen molar-refractivity contribution in [2.75, 3.05) is 5.75 Å². The summed E-state index contributed by atoms with van der Waals surface area (Å²) in [6.07, 6.45) is 1.25. The predicted octanol–water partition coefficient (Wildman–Crippen LogP) is 1.75. The standard InChI is InChI=1S/C9H12SSe/c10-7-4-8-11-9-5-2-1-3-6-9/h1-3,5-6,10H,4,7-8H2. The second-order valence-corrected chi connectivity index (χ2v) is 5.14. The number of thiol groups is 1. The Bertz CT molecular complexity index is 186. The molecule has 0 nitrogen and oxygen atoms in total. The van der Waals surface area contributed by atoms with E-state index >= 15 is 0 Å². The van der Waals surface area contributed by atoms with Gasteiger partial charge in [0.05, 0.1) is 0 Å². The maximum atomic E-state index is 4.18.